The maximum Gasteiger partial charge on any atom is 0.374 e. The molecular formula is C15H18N2O2. The molecule has 2 rings (SSSR count). The third-order valence-corrected chi connectivity index (χ3v) is 2.99. The van der Waals surface area contributed by atoms with Gasteiger partial charge in [-0.25, -0.2) is 9.78 Å². The maximum absolute atomic E-state index is 11.7. The van der Waals surface area contributed by atoms with E-state index in [0.29, 0.717) is 6.61 Å². The highest BCUT2D eigenvalue weighted by atomic mass is 16.5. The molecule has 4 nitrogen and oxygen atoms in total. The van der Waals surface area contributed by atoms with Crippen LogP contribution < -0.4 is 0 Å². The molecule has 0 aliphatic heterocycles. The van der Waals surface area contributed by atoms with E-state index in [4.69, 9.17) is 4.74 Å². The largest absolute Gasteiger partial charge is 0.460 e. The van der Waals surface area contributed by atoms with E-state index in [1.165, 1.54) is 5.56 Å². The van der Waals surface area contributed by atoms with Gasteiger partial charge in [-0.3, -0.25) is 0 Å². The number of esters is 1. The van der Waals surface area contributed by atoms with Crippen LogP contribution in [0, 0.1) is 20.8 Å². The van der Waals surface area contributed by atoms with Gasteiger partial charge in [0.1, 0.15) is 0 Å². The fraction of sp³-hybridized carbons (Fsp3) is 0.333. The average molecular weight is 258 g/mol. The summed E-state index contributed by atoms with van der Waals surface area (Å²) < 4.78 is 4.95. The van der Waals surface area contributed by atoms with Crippen molar-refractivity contribution in [2.45, 2.75) is 27.7 Å². The molecule has 4 heteroatoms. The zero-order valence-corrected chi connectivity index (χ0v) is 11.7. The number of carbonyl (C=O) groups is 1. The average Bonchev–Trinajstić information content (AvgIpc) is 2.72. The summed E-state index contributed by atoms with van der Waals surface area (Å²) in [6.45, 7) is 8.12. The Morgan fingerprint density at radius 1 is 1.32 bits per heavy atom. The number of hydrogen-bond acceptors (Lipinski definition) is 3. The van der Waals surface area contributed by atoms with Gasteiger partial charge < -0.3 is 9.72 Å². The molecule has 0 fully saturated rings. The van der Waals surface area contributed by atoms with Crippen molar-refractivity contribution in [1.29, 1.82) is 0 Å². The molecule has 1 N–H and O–H groups in total. The number of imidazole rings is 1. The van der Waals surface area contributed by atoms with Gasteiger partial charge in [-0.15, -0.1) is 0 Å². The van der Waals surface area contributed by atoms with Crippen LogP contribution >= 0.6 is 0 Å². The van der Waals surface area contributed by atoms with Gasteiger partial charge >= 0.3 is 5.97 Å². The molecule has 100 valence electrons. The summed E-state index contributed by atoms with van der Waals surface area (Å²) in [5.41, 5.74) is 5.07. The lowest BCUT2D eigenvalue weighted by Crippen LogP contribution is -2.06. The van der Waals surface area contributed by atoms with Crippen LogP contribution in [0.5, 0.6) is 0 Å². The highest BCUT2D eigenvalue weighted by Crippen LogP contribution is 2.25. The smallest absolute Gasteiger partial charge is 0.374 e. The minimum absolute atomic E-state index is 0.259. The first-order valence-corrected chi connectivity index (χ1v) is 6.34. The van der Waals surface area contributed by atoms with Crippen molar-refractivity contribution in [3.05, 3.63) is 40.8 Å². The Hall–Kier alpha value is -2.10. The number of nitrogens with zero attached hydrogens (tertiary/aromatic N) is 1. The van der Waals surface area contributed by atoms with Gasteiger partial charge in [0, 0.05) is 11.3 Å². The zero-order chi connectivity index (χ0) is 14.0. The van der Waals surface area contributed by atoms with Gasteiger partial charge in [0.05, 0.1) is 12.3 Å². The molecule has 0 saturated carbocycles. The van der Waals surface area contributed by atoms with Gasteiger partial charge in [0.2, 0.25) is 5.82 Å². The fourth-order valence-corrected chi connectivity index (χ4v) is 2.10. The summed E-state index contributed by atoms with van der Waals surface area (Å²) in [7, 11) is 0. The Kier molecular flexibility index (Phi) is 3.69. The SMILES string of the molecule is CCOC(=O)c1nc(-c2ccc(C)cc2C)c(C)[nH]1. The molecule has 0 aliphatic rings. The molecular weight excluding hydrogens is 240 g/mol. The zero-order valence-electron chi connectivity index (χ0n) is 11.7. The molecule has 0 atom stereocenters. The highest BCUT2D eigenvalue weighted by Gasteiger charge is 2.16. The lowest BCUT2D eigenvalue weighted by Gasteiger charge is -2.04. The van der Waals surface area contributed by atoms with E-state index in [1.807, 2.05) is 26.0 Å². The Morgan fingerprint density at radius 3 is 2.68 bits per heavy atom. The van der Waals surface area contributed by atoms with Gasteiger partial charge in [-0.05, 0) is 33.3 Å². The number of ether oxygens (including phenoxy) is 1. The summed E-state index contributed by atoms with van der Waals surface area (Å²) in [5, 5.41) is 0. The number of H-pyrrole nitrogens is 1. The lowest BCUT2D eigenvalue weighted by atomic mass is 10.0. The van der Waals surface area contributed by atoms with Gasteiger partial charge in [-0.2, -0.15) is 0 Å². The van der Waals surface area contributed by atoms with E-state index in [2.05, 4.69) is 23.0 Å². The number of benzene rings is 1. The lowest BCUT2D eigenvalue weighted by molar-refractivity contribution is 0.0513. The Bertz CT molecular complexity index is 615. The van der Waals surface area contributed by atoms with Crippen LogP contribution in [0.25, 0.3) is 11.3 Å². The minimum Gasteiger partial charge on any atom is -0.460 e. The second kappa shape index (κ2) is 5.26. The third kappa shape index (κ3) is 2.67. The van der Waals surface area contributed by atoms with Crippen molar-refractivity contribution in [2.24, 2.45) is 0 Å². The third-order valence-electron chi connectivity index (χ3n) is 2.99. The first-order chi connectivity index (χ1) is 9.02. The van der Waals surface area contributed by atoms with E-state index >= 15 is 0 Å². The van der Waals surface area contributed by atoms with E-state index in [9.17, 15) is 4.79 Å². The number of hydrogen-bond donors (Lipinski definition) is 1. The van der Waals surface area contributed by atoms with Crippen LogP contribution in [0.15, 0.2) is 18.2 Å². The Labute approximate surface area is 112 Å². The number of aromatic amines is 1. The summed E-state index contributed by atoms with van der Waals surface area (Å²) in [4.78, 5) is 19.0. The standard InChI is InChI=1S/C15H18N2O2/c1-5-19-15(18)14-16-11(4)13(17-14)12-7-6-9(2)8-10(12)3/h6-8H,5H2,1-4H3,(H,16,17). The second-order valence-corrected chi connectivity index (χ2v) is 4.60. The Morgan fingerprint density at radius 2 is 2.05 bits per heavy atom. The molecule has 0 bridgehead atoms. The van der Waals surface area contributed by atoms with Crippen molar-refractivity contribution in [2.75, 3.05) is 6.61 Å². The molecule has 1 aromatic carbocycles. The van der Waals surface area contributed by atoms with E-state index in [0.717, 1.165) is 22.5 Å². The van der Waals surface area contributed by atoms with Gasteiger partial charge in [0.25, 0.3) is 0 Å². The normalized spacial score (nSPS) is 10.5. The van der Waals surface area contributed by atoms with Crippen LogP contribution in [-0.2, 0) is 4.74 Å². The van der Waals surface area contributed by atoms with Crippen molar-refractivity contribution >= 4 is 5.97 Å². The molecule has 19 heavy (non-hydrogen) atoms. The topological polar surface area (TPSA) is 55.0 Å². The highest BCUT2D eigenvalue weighted by molar-refractivity contribution is 5.86. The predicted octanol–water partition coefficient (Wildman–Crippen LogP) is 3.18. The molecule has 0 unspecified atom stereocenters. The van der Waals surface area contributed by atoms with E-state index in [1.54, 1.807) is 6.92 Å². The van der Waals surface area contributed by atoms with Crippen molar-refractivity contribution in [3.8, 4) is 11.3 Å². The first kappa shape index (κ1) is 13.3. The number of aryl methyl sites for hydroxylation is 3. The molecule has 0 amide bonds. The van der Waals surface area contributed by atoms with Gasteiger partial charge in [0.15, 0.2) is 0 Å². The quantitative estimate of drug-likeness (QED) is 0.860. The molecule has 1 heterocycles. The van der Waals surface area contributed by atoms with Crippen LogP contribution in [-0.4, -0.2) is 22.5 Å². The second-order valence-electron chi connectivity index (χ2n) is 4.60. The molecule has 1 aromatic heterocycles. The van der Waals surface area contributed by atoms with Crippen molar-refractivity contribution in [1.82, 2.24) is 9.97 Å². The summed E-state index contributed by atoms with van der Waals surface area (Å²) in [6.07, 6.45) is 0. The summed E-state index contributed by atoms with van der Waals surface area (Å²) >= 11 is 0. The Balaban J connectivity index is 2.43. The number of carbonyl (C=O) groups excluding carboxylic acids is 1. The van der Waals surface area contributed by atoms with Crippen LogP contribution in [0.4, 0.5) is 0 Å². The summed E-state index contributed by atoms with van der Waals surface area (Å²) in [6, 6.07) is 6.18. The predicted molar refractivity (Wildman–Crippen MR) is 74.2 cm³/mol. The fourth-order valence-electron chi connectivity index (χ4n) is 2.10. The number of rotatable bonds is 3. The van der Waals surface area contributed by atoms with Crippen LogP contribution in [0.2, 0.25) is 0 Å². The summed E-state index contributed by atoms with van der Waals surface area (Å²) in [5.74, 6) is -0.157. The molecule has 2 aromatic rings. The first-order valence-electron chi connectivity index (χ1n) is 6.34. The van der Waals surface area contributed by atoms with E-state index in [-0.39, 0.29) is 5.82 Å². The van der Waals surface area contributed by atoms with Crippen LogP contribution in [0.3, 0.4) is 0 Å². The molecule has 0 spiro atoms. The molecule has 0 radical (unpaired) electrons. The van der Waals surface area contributed by atoms with Crippen molar-refractivity contribution in [3.63, 3.8) is 0 Å². The molecule has 0 saturated heterocycles. The minimum atomic E-state index is -0.415. The molecule has 0 aliphatic carbocycles. The maximum atomic E-state index is 11.7. The van der Waals surface area contributed by atoms with Crippen molar-refractivity contribution < 1.29 is 9.53 Å². The number of aromatic nitrogens is 2. The van der Waals surface area contributed by atoms with Gasteiger partial charge in [-0.1, -0.05) is 23.8 Å². The monoisotopic (exact) mass is 258 g/mol. The van der Waals surface area contributed by atoms with E-state index < -0.39 is 5.97 Å². The number of nitrogens with one attached hydrogen (secondary N) is 1. The van der Waals surface area contributed by atoms with Crippen LogP contribution in [0.1, 0.15) is 34.4 Å².